The predicted molar refractivity (Wildman–Crippen MR) is 54.5 cm³/mol. The van der Waals surface area contributed by atoms with Crippen LogP contribution in [0.3, 0.4) is 0 Å². The Labute approximate surface area is 83.0 Å². The van der Waals surface area contributed by atoms with Crippen LogP contribution in [0.1, 0.15) is 24.2 Å². The number of rotatable bonds is 4. The molecule has 76 valence electrons. The van der Waals surface area contributed by atoms with Crippen molar-refractivity contribution in [3.63, 3.8) is 0 Å². The van der Waals surface area contributed by atoms with Crippen molar-refractivity contribution in [2.75, 3.05) is 11.9 Å². The SMILES string of the molecule is CC(C)CNc1cc(C(=O)O)ccn1. The highest BCUT2D eigenvalue weighted by Crippen LogP contribution is 2.07. The first kappa shape index (κ1) is 10.5. The average Bonchev–Trinajstić information content (AvgIpc) is 2.15. The van der Waals surface area contributed by atoms with Gasteiger partial charge >= 0.3 is 5.97 Å². The first-order valence-electron chi connectivity index (χ1n) is 4.53. The number of carbonyl (C=O) groups is 1. The van der Waals surface area contributed by atoms with E-state index < -0.39 is 5.97 Å². The largest absolute Gasteiger partial charge is 0.478 e. The fourth-order valence-corrected chi connectivity index (χ4v) is 0.969. The molecule has 1 rings (SSSR count). The van der Waals surface area contributed by atoms with E-state index in [1.807, 2.05) is 0 Å². The van der Waals surface area contributed by atoms with Gasteiger partial charge in [0.1, 0.15) is 5.82 Å². The maximum Gasteiger partial charge on any atom is 0.335 e. The van der Waals surface area contributed by atoms with Gasteiger partial charge in [-0.2, -0.15) is 0 Å². The monoisotopic (exact) mass is 194 g/mol. The lowest BCUT2D eigenvalue weighted by atomic mass is 10.2. The summed E-state index contributed by atoms with van der Waals surface area (Å²) in [7, 11) is 0. The van der Waals surface area contributed by atoms with E-state index in [4.69, 9.17) is 5.11 Å². The molecule has 0 bridgehead atoms. The van der Waals surface area contributed by atoms with Crippen molar-refractivity contribution < 1.29 is 9.90 Å². The molecule has 0 spiro atoms. The van der Waals surface area contributed by atoms with Crippen LogP contribution in [-0.4, -0.2) is 22.6 Å². The molecule has 0 saturated heterocycles. The minimum atomic E-state index is -0.931. The Morgan fingerprint density at radius 2 is 2.36 bits per heavy atom. The van der Waals surface area contributed by atoms with Gasteiger partial charge in [0.2, 0.25) is 0 Å². The molecule has 0 atom stereocenters. The second kappa shape index (κ2) is 4.60. The van der Waals surface area contributed by atoms with Gasteiger partial charge in [-0.3, -0.25) is 0 Å². The predicted octanol–water partition coefficient (Wildman–Crippen LogP) is 1.85. The van der Waals surface area contributed by atoms with Crippen LogP contribution >= 0.6 is 0 Å². The number of pyridine rings is 1. The Bertz CT molecular complexity index is 324. The topological polar surface area (TPSA) is 62.2 Å². The highest BCUT2D eigenvalue weighted by atomic mass is 16.4. The van der Waals surface area contributed by atoms with Crippen molar-refractivity contribution in [1.82, 2.24) is 4.98 Å². The third-order valence-electron chi connectivity index (χ3n) is 1.70. The van der Waals surface area contributed by atoms with Gasteiger partial charge in [-0.25, -0.2) is 9.78 Å². The molecule has 0 fully saturated rings. The standard InChI is InChI=1S/C10H14N2O2/c1-7(2)6-12-9-5-8(10(13)14)3-4-11-9/h3-5,7H,6H2,1-2H3,(H,11,12)(H,13,14). The summed E-state index contributed by atoms with van der Waals surface area (Å²) < 4.78 is 0. The second-order valence-corrected chi connectivity index (χ2v) is 3.51. The Kier molecular flexibility index (Phi) is 3.45. The summed E-state index contributed by atoms with van der Waals surface area (Å²) in [5.41, 5.74) is 0.256. The van der Waals surface area contributed by atoms with Gasteiger partial charge in [0.25, 0.3) is 0 Å². The van der Waals surface area contributed by atoms with E-state index in [0.717, 1.165) is 6.54 Å². The first-order valence-corrected chi connectivity index (χ1v) is 4.53. The molecule has 1 heterocycles. The fourth-order valence-electron chi connectivity index (χ4n) is 0.969. The second-order valence-electron chi connectivity index (χ2n) is 3.51. The lowest BCUT2D eigenvalue weighted by molar-refractivity contribution is 0.0697. The normalized spacial score (nSPS) is 10.2. The van der Waals surface area contributed by atoms with Crippen LogP contribution in [-0.2, 0) is 0 Å². The Balaban J connectivity index is 2.69. The summed E-state index contributed by atoms with van der Waals surface area (Å²) >= 11 is 0. The van der Waals surface area contributed by atoms with Crippen LogP contribution in [0, 0.1) is 5.92 Å². The molecule has 2 N–H and O–H groups in total. The minimum absolute atomic E-state index is 0.256. The van der Waals surface area contributed by atoms with E-state index in [2.05, 4.69) is 24.1 Å². The summed E-state index contributed by atoms with van der Waals surface area (Å²) in [5, 5.41) is 11.8. The Morgan fingerprint density at radius 3 is 2.93 bits per heavy atom. The summed E-state index contributed by atoms with van der Waals surface area (Å²) in [6.45, 7) is 4.94. The van der Waals surface area contributed by atoms with Gasteiger partial charge in [-0.1, -0.05) is 13.8 Å². The van der Waals surface area contributed by atoms with E-state index >= 15 is 0 Å². The molecule has 4 heteroatoms. The van der Waals surface area contributed by atoms with Gasteiger partial charge in [0.05, 0.1) is 5.56 Å². The molecule has 14 heavy (non-hydrogen) atoms. The zero-order valence-corrected chi connectivity index (χ0v) is 8.32. The number of carboxylic acids is 1. The molecular formula is C10H14N2O2. The number of hydrogen-bond acceptors (Lipinski definition) is 3. The molecule has 4 nitrogen and oxygen atoms in total. The lowest BCUT2D eigenvalue weighted by Gasteiger charge is -2.07. The van der Waals surface area contributed by atoms with Gasteiger partial charge in [-0.05, 0) is 18.1 Å². The molecule has 0 saturated carbocycles. The van der Waals surface area contributed by atoms with E-state index in [9.17, 15) is 4.79 Å². The quantitative estimate of drug-likeness (QED) is 0.767. The van der Waals surface area contributed by atoms with Gasteiger partial charge in [0, 0.05) is 12.7 Å². The van der Waals surface area contributed by atoms with E-state index in [1.54, 1.807) is 0 Å². The zero-order valence-electron chi connectivity index (χ0n) is 8.32. The molecule has 0 amide bonds. The molecule has 0 aliphatic heterocycles. The zero-order chi connectivity index (χ0) is 10.6. The number of aromatic nitrogens is 1. The third kappa shape index (κ3) is 3.05. The lowest BCUT2D eigenvalue weighted by Crippen LogP contribution is -2.09. The van der Waals surface area contributed by atoms with Crippen molar-refractivity contribution in [1.29, 1.82) is 0 Å². The van der Waals surface area contributed by atoms with Gasteiger partial charge in [-0.15, -0.1) is 0 Å². The van der Waals surface area contributed by atoms with Crippen LogP contribution in [0.25, 0.3) is 0 Å². The molecular weight excluding hydrogens is 180 g/mol. The van der Waals surface area contributed by atoms with Crippen LogP contribution in [0.4, 0.5) is 5.82 Å². The average molecular weight is 194 g/mol. The summed E-state index contributed by atoms with van der Waals surface area (Å²) in [5.74, 6) is 0.184. The fraction of sp³-hybridized carbons (Fsp3) is 0.400. The summed E-state index contributed by atoms with van der Waals surface area (Å²) in [6.07, 6.45) is 1.49. The molecule has 0 unspecified atom stereocenters. The maximum atomic E-state index is 10.6. The number of hydrogen-bond donors (Lipinski definition) is 2. The molecule has 0 radical (unpaired) electrons. The van der Waals surface area contributed by atoms with E-state index in [1.165, 1.54) is 18.3 Å². The molecule has 0 aliphatic carbocycles. The van der Waals surface area contributed by atoms with Crippen molar-refractivity contribution in [2.24, 2.45) is 5.92 Å². The Morgan fingerprint density at radius 1 is 1.64 bits per heavy atom. The number of aromatic carboxylic acids is 1. The van der Waals surface area contributed by atoms with E-state index in [0.29, 0.717) is 11.7 Å². The smallest absolute Gasteiger partial charge is 0.335 e. The maximum absolute atomic E-state index is 10.6. The van der Waals surface area contributed by atoms with Crippen molar-refractivity contribution in [2.45, 2.75) is 13.8 Å². The van der Waals surface area contributed by atoms with Crippen molar-refractivity contribution in [3.05, 3.63) is 23.9 Å². The molecule has 0 aliphatic rings. The van der Waals surface area contributed by atoms with Crippen LogP contribution in [0.15, 0.2) is 18.3 Å². The molecule has 1 aromatic heterocycles. The van der Waals surface area contributed by atoms with Crippen molar-refractivity contribution in [3.8, 4) is 0 Å². The Hall–Kier alpha value is -1.58. The number of carboxylic acid groups (broad SMARTS) is 1. The third-order valence-corrected chi connectivity index (χ3v) is 1.70. The highest BCUT2D eigenvalue weighted by Gasteiger charge is 2.03. The molecule has 1 aromatic rings. The highest BCUT2D eigenvalue weighted by molar-refractivity contribution is 5.88. The van der Waals surface area contributed by atoms with Crippen LogP contribution < -0.4 is 5.32 Å². The van der Waals surface area contributed by atoms with E-state index in [-0.39, 0.29) is 5.56 Å². The number of nitrogens with zero attached hydrogens (tertiary/aromatic N) is 1. The van der Waals surface area contributed by atoms with Crippen LogP contribution in [0.2, 0.25) is 0 Å². The molecule has 0 aromatic carbocycles. The number of anilines is 1. The first-order chi connectivity index (χ1) is 6.59. The summed E-state index contributed by atoms with van der Waals surface area (Å²) in [6, 6.07) is 3.01. The van der Waals surface area contributed by atoms with Crippen LogP contribution in [0.5, 0.6) is 0 Å². The van der Waals surface area contributed by atoms with Crippen molar-refractivity contribution >= 4 is 11.8 Å². The number of nitrogens with one attached hydrogen (secondary N) is 1. The minimum Gasteiger partial charge on any atom is -0.478 e. The van der Waals surface area contributed by atoms with Gasteiger partial charge in [0.15, 0.2) is 0 Å². The van der Waals surface area contributed by atoms with Gasteiger partial charge < -0.3 is 10.4 Å². The summed E-state index contributed by atoms with van der Waals surface area (Å²) in [4.78, 5) is 14.7.